The molecule has 0 spiro atoms. The smallest absolute Gasteiger partial charge is 0.123 e. The molecule has 4 N–H and O–H groups in total. The summed E-state index contributed by atoms with van der Waals surface area (Å²) in [7, 11) is 0. The fourth-order valence-corrected chi connectivity index (χ4v) is 0.358. The number of aliphatic imine (C=N–C) groups is 1. The van der Waals surface area contributed by atoms with Crippen molar-refractivity contribution in [3.05, 3.63) is 11.4 Å². The molecule has 0 fully saturated rings. The topological polar surface area (TPSA) is 64.4 Å². The first-order valence-electron chi connectivity index (χ1n) is 2.78. The summed E-state index contributed by atoms with van der Waals surface area (Å²) in [5.41, 5.74) is 11.8. The van der Waals surface area contributed by atoms with Crippen LogP contribution < -0.4 is 11.5 Å². The highest BCUT2D eigenvalue weighted by Gasteiger charge is 1.99. The molecule has 0 aliphatic carbocycles. The number of rotatable bonds is 2. The Morgan fingerprint density at radius 3 is 2.22 bits per heavy atom. The summed E-state index contributed by atoms with van der Waals surface area (Å²) in [6.07, 6.45) is 0. The Labute approximate surface area is 55.4 Å². The van der Waals surface area contributed by atoms with Gasteiger partial charge in [-0.2, -0.15) is 0 Å². The molecule has 0 saturated heterocycles. The van der Waals surface area contributed by atoms with Crippen LogP contribution in [0.5, 0.6) is 0 Å². The minimum absolute atomic E-state index is 0.0319. The first kappa shape index (κ1) is 8.17. The SMILES string of the molecule is C=N/C(N)=C(/C)C(C)N. The third kappa shape index (κ3) is 2.28. The highest BCUT2D eigenvalue weighted by Crippen LogP contribution is 2.01. The molecular weight excluding hydrogens is 114 g/mol. The highest BCUT2D eigenvalue weighted by molar-refractivity contribution is 5.30. The van der Waals surface area contributed by atoms with E-state index < -0.39 is 0 Å². The molecule has 1 atom stereocenters. The van der Waals surface area contributed by atoms with Gasteiger partial charge in [0.05, 0.1) is 0 Å². The molecule has 0 aromatic heterocycles. The summed E-state index contributed by atoms with van der Waals surface area (Å²) in [5, 5.41) is 0. The van der Waals surface area contributed by atoms with Crippen LogP contribution in [-0.2, 0) is 0 Å². The Morgan fingerprint density at radius 2 is 2.11 bits per heavy atom. The number of nitrogens with two attached hydrogens (primary N) is 2. The van der Waals surface area contributed by atoms with Crippen molar-refractivity contribution in [1.29, 1.82) is 0 Å². The van der Waals surface area contributed by atoms with Crippen molar-refractivity contribution in [3.8, 4) is 0 Å². The molecule has 0 rings (SSSR count). The Balaban J connectivity index is 4.27. The van der Waals surface area contributed by atoms with Crippen molar-refractivity contribution in [1.82, 2.24) is 0 Å². The first-order chi connectivity index (χ1) is 4.09. The maximum absolute atomic E-state index is 5.49. The van der Waals surface area contributed by atoms with Crippen LogP contribution in [0.15, 0.2) is 16.4 Å². The standard InChI is InChI=1S/C6H13N3/c1-4(5(2)7)6(8)9-3/h5H,3,7-8H2,1-2H3/b6-4-. The lowest BCUT2D eigenvalue weighted by Crippen LogP contribution is -2.19. The van der Waals surface area contributed by atoms with Gasteiger partial charge in [-0.15, -0.1) is 0 Å². The predicted octanol–water partition coefficient (Wildman–Crippen LogP) is 0.224. The summed E-state index contributed by atoms with van der Waals surface area (Å²) < 4.78 is 0. The lowest BCUT2D eigenvalue weighted by Gasteiger charge is -2.05. The van der Waals surface area contributed by atoms with Gasteiger partial charge in [-0.25, -0.2) is 4.99 Å². The van der Waals surface area contributed by atoms with E-state index in [1.165, 1.54) is 0 Å². The molecule has 0 aromatic rings. The monoisotopic (exact) mass is 127 g/mol. The van der Waals surface area contributed by atoms with E-state index in [1.807, 2.05) is 13.8 Å². The Bertz CT molecular complexity index is 135. The third-order valence-electron chi connectivity index (χ3n) is 1.26. The van der Waals surface area contributed by atoms with Crippen LogP contribution in [0.4, 0.5) is 0 Å². The van der Waals surface area contributed by atoms with Crippen molar-refractivity contribution in [2.24, 2.45) is 16.5 Å². The van der Waals surface area contributed by atoms with Crippen LogP contribution in [0.1, 0.15) is 13.8 Å². The summed E-state index contributed by atoms with van der Waals surface area (Å²) in [6, 6.07) is -0.0319. The van der Waals surface area contributed by atoms with E-state index in [-0.39, 0.29) is 6.04 Å². The largest absolute Gasteiger partial charge is 0.384 e. The lowest BCUT2D eigenvalue weighted by atomic mass is 10.2. The second-order valence-corrected chi connectivity index (χ2v) is 2.02. The molecule has 0 heterocycles. The van der Waals surface area contributed by atoms with E-state index in [0.717, 1.165) is 5.57 Å². The van der Waals surface area contributed by atoms with Gasteiger partial charge in [0.1, 0.15) is 5.82 Å². The quantitative estimate of drug-likeness (QED) is 0.521. The van der Waals surface area contributed by atoms with E-state index in [1.54, 1.807) is 0 Å². The van der Waals surface area contributed by atoms with Gasteiger partial charge in [-0.1, -0.05) is 0 Å². The Hall–Kier alpha value is -0.830. The lowest BCUT2D eigenvalue weighted by molar-refractivity contribution is 0.838. The van der Waals surface area contributed by atoms with Gasteiger partial charge in [0, 0.05) is 6.04 Å². The molecule has 3 nitrogen and oxygen atoms in total. The maximum atomic E-state index is 5.49. The molecule has 0 bridgehead atoms. The third-order valence-corrected chi connectivity index (χ3v) is 1.26. The van der Waals surface area contributed by atoms with Crippen molar-refractivity contribution >= 4 is 6.72 Å². The fraction of sp³-hybridized carbons (Fsp3) is 0.500. The van der Waals surface area contributed by atoms with Gasteiger partial charge in [-0.3, -0.25) is 0 Å². The molecule has 0 aliphatic heterocycles. The van der Waals surface area contributed by atoms with E-state index in [4.69, 9.17) is 11.5 Å². The first-order valence-corrected chi connectivity index (χ1v) is 2.78. The van der Waals surface area contributed by atoms with Gasteiger partial charge < -0.3 is 11.5 Å². The Kier molecular flexibility index (Phi) is 2.95. The van der Waals surface area contributed by atoms with Crippen LogP contribution >= 0.6 is 0 Å². The second kappa shape index (κ2) is 3.25. The molecule has 9 heavy (non-hydrogen) atoms. The zero-order valence-electron chi connectivity index (χ0n) is 5.89. The summed E-state index contributed by atoms with van der Waals surface area (Å²) in [4.78, 5) is 3.54. The van der Waals surface area contributed by atoms with Gasteiger partial charge in [0.15, 0.2) is 0 Å². The molecule has 0 amide bonds. The van der Waals surface area contributed by atoms with Crippen molar-refractivity contribution in [3.63, 3.8) is 0 Å². The molecular formula is C6H13N3. The van der Waals surface area contributed by atoms with E-state index in [0.29, 0.717) is 5.82 Å². The summed E-state index contributed by atoms with van der Waals surface area (Å²) >= 11 is 0. The average Bonchev–Trinajstić information content (AvgIpc) is 1.84. The second-order valence-electron chi connectivity index (χ2n) is 2.02. The summed E-state index contributed by atoms with van der Waals surface area (Å²) in [5.74, 6) is 0.435. The van der Waals surface area contributed by atoms with Crippen molar-refractivity contribution < 1.29 is 0 Å². The normalized spacial score (nSPS) is 16.3. The molecule has 3 heteroatoms. The van der Waals surface area contributed by atoms with Crippen LogP contribution in [-0.4, -0.2) is 12.8 Å². The van der Waals surface area contributed by atoms with Crippen LogP contribution in [0.2, 0.25) is 0 Å². The molecule has 1 unspecified atom stereocenters. The van der Waals surface area contributed by atoms with Gasteiger partial charge in [0.2, 0.25) is 0 Å². The zero-order chi connectivity index (χ0) is 7.44. The molecule has 0 radical (unpaired) electrons. The van der Waals surface area contributed by atoms with Crippen molar-refractivity contribution in [2.45, 2.75) is 19.9 Å². The number of hydrogen-bond donors (Lipinski definition) is 2. The van der Waals surface area contributed by atoms with Crippen LogP contribution in [0.3, 0.4) is 0 Å². The predicted molar refractivity (Wildman–Crippen MR) is 40.1 cm³/mol. The van der Waals surface area contributed by atoms with E-state index in [9.17, 15) is 0 Å². The maximum Gasteiger partial charge on any atom is 0.123 e. The highest BCUT2D eigenvalue weighted by atomic mass is 14.9. The Morgan fingerprint density at radius 1 is 1.67 bits per heavy atom. The molecule has 0 aliphatic rings. The van der Waals surface area contributed by atoms with E-state index >= 15 is 0 Å². The number of hydrogen-bond acceptors (Lipinski definition) is 3. The number of nitrogens with zero attached hydrogens (tertiary/aromatic N) is 1. The van der Waals surface area contributed by atoms with Crippen LogP contribution in [0, 0.1) is 0 Å². The molecule has 0 saturated carbocycles. The zero-order valence-corrected chi connectivity index (χ0v) is 5.89. The van der Waals surface area contributed by atoms with E-state index in [2.05, 4.69) is 11.7 Å². The summed E-state index contributed by atoms with van der Waals surface area (Å²) in [6.45, 7) is 6.97. The molecule has 52 valence electrons. The molecule has 0 aromatic carbocycles. The van der Waals surface area contributed by atoms with Gasteiger partial charge in [0.25, 0.3) is 0 Å². The van der Waals surface area contributed by atoms with Crippen molar-refractivity contribution in [2.75, 3.05) is 0 Å². The minimum Gasteiger partial charge on any atom is -0.384 e. The van der Waals surface area contributed by atoms with Crippen LogP contribution in [0.25, 0.3) is 0 Å². The fourth-order valence-electron chi connectivity index (χ4n) is 0.358. The van der Waals surface area contributed by atoms with Gasteiger partial charge >= 0.3 is 0 Å². The average molecular weight is 127 g/mol. The minimum atomic E-state index is -0.0319. The van der Waals surface area contributed by atoms with Gasteiger partial charge in [-0.05, 0) is 26.1 Å².